The number of hydrogen-bond donors (Lipinski definition) is 1. The molecule has 98 valence electrons. The van der Waals surface area contributed by atoms with Crippen LogP contribution in [-0.4, -0.2) is 17.0 Å². The molecule has 1 aromatic carbocycles. The first-order valence-electron chi connectivity index (χ1n) is 6.80. The Morgan fingerprint density at radius 1 is 1.39 bits per heavy atom. The second-order valence-electron chi connectivity index (χ2n) is 4.79. The predicted octanol–water partition coefficient (Wildman–Crippen LogP) is 4.24. The molecule has 0 bridgehead atoms. The van der Waals surface area contributed by atoms with Crippen LogP contribution < -0.4 is 5.32 Å². The van der Waals surface area contributed by atoms with Crippen LogP contribution in [0, 0.1) is 6.92 Å². The van der Waals surface area contributed by atoms with Crippen LogP contribution >= 0.6 is 11.8 Å². The summed E-state index contributed by atoms with van der Waals surface area (Å²) in [6.45, 7) is 7.57. The van der Waals surface area contributed by atoms with Gasteiger partial charge in [0, 0.05) is 10.9 Å². The maximum atomic E-state index is 4.58. The van der Waals surface area contributed by atoms with Crippen molar-refractivity contribution < 1.29 is 0 Å². The molecule has 0 fully saturated rings. The molecule has 1 aliphatic heterocycles. The summed E-state index contributed by atoms with van der Waals surface area (Å²) < 4.78 is 0. The van der Waals surface area contributed by atoms with Crippen molar-refractivity contribution in [2.45, 2.75) is 45.3 Å². The average molecular weight is 262 g/mol. The number of anilines is 1. The number of aryl methyl sites for hydroxylation is 2. The van der Waals surface area contributed by atoms with Crippen molar-refractivity contribution >= 4 is 22.6 Å². The maximum absolute atomic E-state index is 4.58. The number of nitrogens with one attached hydrogen (secondary N) is 1. The van der Waals surface area contributed by atoms with E-state index in [9.17, 15) is 0 Å². The van der Waals surface area contributed by atoms with E-state index >= 15 is 0 Å². The zero-order valence-electron chi connectivity index (χ0n) is 11.5. The highest BCUT2D eigenvalue weighted by molar-refractivity contribution is 8.15. The van der Waals surface area contributed by atoms with Gasteiger partial charge in [0.05, 0.1) is 6.54 Å². The Kier molecular flexibility index (Phi) is 4.70. The minimum atomic E-state index is 0.675. The van der Waals surface area contributed by atoms with Crippen molar-refractivity contribution in [3.05, 3.63) is 29.3 Å². The summed E-state index contributed by atoms with van der Waals surface area (Å²) in [5.41, 5.74) is 3.95. The minimum Gasteiger partial charge on any atom is -0.335 e. The second-order valence-corrected chi connectivity index (χ2v) is 6.08. The third kappa shape index (κ3) is 3.29. The number of thioether (sulfide) groups is 1. The van der Waals surface area contributed by atoms with Crippen molar-refractivity contribution in [1.29, 1.82) is 0 Å². The molecule has 0 aromatic heterocycles. The molecule has 3 heteroatoms. The van der Waals surface area contributed by atoms with Gasteiger partial charge in [-0.25, -0.2) is 0 Å². The van der Waals surface area contributed by atoms with Crippen molar-refractivity contribution in [3.63, 3.8) is 0 Å². The first-order chi connectivity index (χ1) is 8.72. The molecule has 1 unspecified atom stereocenters. The van der Waals surface area contributed by atoms with Gasteiger partial charge in [-0.3, -0.25) is 4.99 Å². The summed E-state index contributed by atoms with van der Waals surface area (Å²) in [5, 5.41) is 5.20. The second kappa shape index (κ2) is 6.28. The summed E-state index contributed by atoms with van der Waals surface area (Å²) in [7, 11) is 0. The van der Waals surface area contributed by atoms with E-state index in [0.717, 1.165) is 18.1 Å². The minimum absolute atomic E-state index is 0.675. The molecular weight excluding hydrogens is 240 g/mol. The lowest BCUT2D eigenvalue weighted by Crippen LogP contribution is -2.07. The van der Waals surface area contributed by atoms with E-state index in [1.807, 2.05) is 11.8 Å². The fourth-order valence-electron chi connectivity index (χ4n) is 2.21. The Hall–Kier alpha value is -0.960. The van der Waals surface area contributed by atoms with Gasteiger partial charge in [0.25, 0.3) is 0 Å². The highest BCUT2D eigenvalue weighted by Crippen LogP contribution is 2.26. The monoisotopic (exact) mass is 262 g/mol. The molecule has 1 atom stereocenters. The van der Waals surface area contributed by atoms with Crippen molar-refractivity contribution in [3.8, 4) is 0 Å². The van der Waals surface area contributed by atoms with Gasteiger partial charge in [-0.15, -0.1) is 0 Å². The van der Waals surface area contributed by atoms with Crippen LogP contribution in [0.3, 0.4) is 0 Å². The highest BCUT2D eigenvalue weighted by atomic mass is 32.2. The molecule has 0 radical (unpaired) electrons. The van der Waals surface area contributed by atoms with Crippen LogP contribution in [0.25, 0.3) is 0 Å². The Morgan fingerprint density at radius 3 is 2.94 bits per heavy atom. The molecule has 0 saturated heterocycles. The van der Waals surface area contributed by atoms with Crippen LogP contribution in [0.5, 0.6) is 0 Å². The van der Waals surface area contributed by atoms with Crippen molar-refractivity contribution in [2.24, 2.45) is 4.99 Å². The first kappa shape index (κ1) is 13.5. The maximum Gasteiger partial charge on any atom is 0.161 e. The zero-order valence-corrected chi connectivity index (χ0v) is 12.3. The molecule has 2 rings (SSSR count). The van der Waals surface area contributed by atoms with Gasteiger partial charge in [0.15, 0.2) is 5.17 Å². The SMILES string of the molecule is CCCC1CN=C(Nc2ccc(C)c(CC)c2)S1. The number of hydrogen-bond acceptors (Lipinski definition) is 3. The summed E-state index contributed by atoms with van der Waals surface area (Å²) in [5.74, 6) is 0. The molecular formula is C15H22N2S. The van der Waals surface area contributed by atoms with E-state index in [1.165, 1.54) is 29.7 Å². The van der Waals surface area contributed by atoms with Crippen molar-refractivity contribution in [1.82, 2.24) is 0 Å². The highest BCUT2D eigenvalue weighted by Gasteiger charge is 2.18. The van der Waals surface area contributed by atoms with Crippen LogP contribution in [0.1, 0.15) is 37.8 Å². The number of benzene rings is 1. The van der Waals surface area contributed by atoms with E-state index in [-0.39, 0.29) is 0 Å². The third-order valence-corrected chi connectivity index (χ3v) is 4.48. The normalized spacial score (nSPS) is 18.8. The summed E-state index contributed by atoms with van der Waals surface area (Å²) in [6, 6.07) is 6.57. The fourth-order valence-corrected chi connectivity index (χ4v) is 3.36. The average Bonchev–Trinajstić information content (AvgIpc) is 2.80. The lowest BCUT2D eigenvalue weighted by Gasteiger charge is -2.10. The van der Waals surface area contributed by atoms with Gasteiger partial charge in [-0.1, -0.05) is 38.1 Å². The van der Waals surface area contributed by atoms with Crippen LogP contribution in [0.4, 0.5) is 5.69 Å². The Balaban J connectivity index is 1.98. The van der Waals surface area contributed by atoms with Gasteiger partial charge >= 0.3 is 0 Å². The molecule has 0 amide bonds. The topological polar surface area (TPSA) is 24.4 Å². The quantitative estimate of drug-likeness (QED) is 0.877. The van der Waals surface area contributed by atoms with E-state index in [4.69, 9.17) is 0 Å². The number of aliphatic imine (C=N–C) groups is 1. The molecule has 0 spiro atoms. The van der Waals surface area contributed by atoms with Crippen molar-refractivity contribution in [2.75, 3.05) is 11.9 Å². The predicted molar refractivity (Wildman–Crippen MR) is 82.8 cm³/mol. The molecule has 0 aliphatic carbocycles. The van der Waals surface area contributed by atoms with Gasteiger partial charge in [0.1, 0.15) is 0 Å². The molecule has 1 aliphatic rings. The van der Waals surface area contributed by atoms with Crippen LogP contribution in [0.15, 0.2) is 23.2 Å². The van der Waals surface area contributed by atoms with E-state index in [1.54, 1.807) is 0 Å². The van der Waals surface area contributed by atoms with Gasteiger partial charge in [-0.05, 0) is 43.0 Å². The lowest BCUT2D eigenvalue weighted by molar-refractivity contribution is 0.754. The van der Waals surface area contributed by atoms with E-state index in [0.29, 0.717) is 5.25 Å². The van der Waals surface area contributed by atoms with Gasteiger partial charge < -0.3 is 5.32 Å². The number of rotatable bonds is 4. The molecule has 1 aromatic rings. The van der Waals surface area contributed by atoms with Crippen LogP contribution in [-0.2, 0) is 6.42 Å². The summed E-state index contributed by atoms with van der Waals surface area (Å²) in [6.07, 6.45) is 3.58. The Labute approximate surface area is 114 Å². The zero-order chi connectivity index (χ0) is 13.0. The molecule has 0 saturated carbocycles. The first-order valence-corrected chi connectivity index (χ1v) is 7.68. The van der Waals surface area contributed by atoms with Gasteiger partial charge in [-0.2, -0.15) is 0 Å². The van der Waals surface area contributed by atoms with E-state index in [2.05, 4.69) is 49.3 Å². The van der Waals surface area contributed by atoms with Gasteiger partial charge in [0.2, 0.25) is 0 Å². The Morgan fingerprint density at radius 2 is 2.22 bits per heavy atom. The fraction of sp³-hybridized carbons (Fsp3) is 0.533. The largest absolute Gasteiger partial charge is 0.335 e. The summed E-state index contributed by atoms with van der Waals surface area (Å²) in [4.78, 5) is 4.58. The molecule has 2 nitrogen and oxygen atoms in total. The molecule has 18 heavy (non-hydrogen) atoms. The number of nitrogens with zero attached hydrogens (tertiary/aromatic N) is 1. The van der Waals surface area contributed by atoms with Crippen LogP contribution in [0.2, 0.25) is 0 Å². The lowest BCUT2D eigenvalue weighted by atomic mass is 10.1. The molecule has 1 heterocycles. The molecule has 1 N–H and O–H groups in total. The Bertz CT molecular complexity index is 440. The third-order valence-electron chi connectivity index (χ3n) is 3.31. The standard InChI is InChI=1S/C15H22N2S/c1-4-6-14-10-16-15(18-14)17-13-8-7-11(3)12(5-2)9-13/h7-9,14H,4-6,10H2,1-3H3,(H,16,17). The van der Waals surface area contributed by atoms with E-state index < -0.39 is 0 Å². The smallest absolute Gasteiger partial charge is 0.161 e. The number of amidine groups is 1. The summed E-state index contributed by atoms with van der Waals surface area (Å²) >= 11 is 1.89.